The first-order chi connectivity index (χ1) is 16.7. The Balaban J connectivity index is 1.23. The van der Waals surface area contributed by atoms with Crippen molar-refractivity contribution in [2.24, 2.45) is 0 Å². The summed E-state index contributed by atoms with van der Waals surface area (Å²) in [6.07, 6.45) is 2.78. The number of carbonyl (C=O) groups is 1. The third kappa shape index (κ3) is 4.78. The molecule has 3 aromatic heterocycles. The largest absolute Gasteiger partial charge is 0.417 e. The Labute approximate surface area is 199 Å². The number of hydrogen-bond donors (Lipinski definition) is 1. The standard InChI is InChI=1S/C24H24F3N5O3/c1-15-19(14-30-32(15)21-5-2-17(12-29-21)24(25,26)27)22(33)31-18-3-4-20(28-13-18)16-6-8-23(9-7-16)34-10-11-35-23/h2-5,12-14,16H,6-11H2,1H3,(H,31,33). The summed E-state index contributed by atoms with van der Waals surface area (Å²) in [5.41, 5.74) is 1.38. The quantitative estimate of drug-likeness (QED) is 0.577. The third-order valence-electron chi connectivity index (χ3n) is 6.57. The molecule has 1 spiro atoms. The van der Waals surface area contributed by atoms with Crippen molar-refractivity contribution in [3.63, 3.8) is 0 Å². The predicted molar refractivity (Wildman–Crippen MR) is 119 cm³/mol. The first kappa shape index (κ1) is 23.4. The first-order valence-corrected chi connectivity index (χ1v) is 11.4. The molecule has 1 N–H and O–H groups in total. The van der Waals surface area contributed by atoms with Crippen LogP contribution in [0.5, 0.6) is 0 Å². The maximum atomic E-state index is 12.8. The van der Waals surface area contributed by atoms with Gasteiger partial charge in [0.2, 0.25) is 0 Å². The molecule has 0 bridgehead atoms. The molecule has 0 aromatic carbocycles. The second-order valence-corrected chi connectivity index (χ2v) is 8.77. The van der Waals surface area contributed by atoms with Crippen molar-refractivity contribution < 1.29 is 27.4 Å². The lowest BCUT2D eigenvalue weighted by Crippen LogP contribution is -2.34. The maximum Gasteiger partial charge on any atom is 0.417 e. The van der Waals surface area contributed by atoms with Gasteiger partial charge in [0.05, 0.1) is 48.1 Å². The number of ether oxygens (including phenoxy) is 2. The molecule has 1 aliphatic heterocycles. The molecule has 1 amide bonds. The highest BCUT2D eigenvalue weighted by Gasteiger charge is 2.40. The van der Waals surface area contributed by atoms with E-state index >= 15 is 0 Å². The van der Waals surface area contributed by atoms with Gasteiger partial charge in [-0.1, -0.05) is 0 Å². The van der Waals surface area contributed by atoms with Crippen molar-refractivity contribution >= 4 is 11.6 Å². The SMILES string of the molecule is Cc1c(C(=O)Nc2ccc(C3CCC4(CC3)OCCO4)nc2)cnn1-c1ccc(C(F)(F)F)cn1. The van der Waals surface area contributed by atoms with E-state index in [9.17, 15) is 18.0 Å². The summed E-state index contributed by atoms with van der Waals surface area (Å²) in [5.74, 6) is -0.314. The molecule has 4 heterocycles. The third-order valence-corrected chi connectivity index (χ3v) is 6.57. The number of carbonyl (C=O) groups excluding carboxylic acids is 1. The van der Waals surface area contributed by atoms with Crippen LogP contribution in [-0.2, 0) is 15.7 Å². The van der Waals surface area contributed by atoms with Crippen LogP contribution in [0, 0.1) is 6.92 Å². The summed E-state index contributed by atoms with van der Waals surface area (Å²) in [4.78, 5) is 21.2. The number of halogens is 3. The Bertz CT molecular complexity index is 1190. The number of nitrogens with one attached hydrogen (secondary N) is 1. The number of nitrogens with zero attached hydrogens (tertiary/aromatic N) is 4. The van der Waals surface area contributed by atoms with E-state index in [1.807, 2.05) is 12.1 Å². The van der Waals surface area contributed by atoms with Crippen molar-refractivity contribution in [3.8, 4) is 5.82 Å². The lowest BCUT2D eigenvalue weighted by molar-refractivity contribution is -0.178. The van der Waals surface area contributed by atoms with Crippen LogP contribution < -0.4 is 5.32 Å². The average Bonchev–Trinajstić information content (AvgIpc) is 3.46. The van der Waals surface area contributed by atoms with Crippen LogP contribution in [0.3, 0.4) is 0 Å². The number of aromatic nitrogens is 4. The zero-order valence-electron chi connectivity index (χ0n) is 19.0. The van der Waals surface area contributed by atoms with Gasteiger partial charge in [0.1, 0.15) is 0 Å². The van der Waals surface area contributed by atoms with Crippen molar-refractivity contribution in [2.45, 2.75) is 50.5 Å². The fourth-order valence-electron chi connectivity index (χ4n) is 4.60. The van der Waals surface area contributed by atoms with Crippen LogP contribution in [0.1, 0.15) is 58.9 Å². The van der Waals surface area contributed by atoms with E-state index in [1.165, 1.54) is 16.9 Å². The number of alkyl halides is 3. The van der Waals surface area contributed by atoms with Crippen molar-refractivity contribution in [3.05, 3.63) is 65.4 Å². The summed E-state index contributed by atoms with van der Waals surface area (Å²) in [6, 6.07) is 5.86. The highest BCUT2D eigenvalue weighted by molar-refractivity contribution is 6.04. The smallest absolute Gasteiger partial charge is 0.348 e. The van der Waals surface area contributed by atoms with Crippen LogP contribution >= 0.6 is 0 Å². The van der Waals surface area contributed by atoms with Crippen LogP contribution in [0.4, 0.5) is 18.9 Å². The van der Waals surface area contributed by atoms with Gasteiger partial charge in [-0.15, -0.1) is 0 Å². The normalized spacial score (nSPS) is 18.2. The molecule has 1 aliphatic carbocycles. The van der Waals surface area contributed by atoms with Gasteiger partial charge >= 0.3 is 6.18 Å². The Morgan fingerprint density at radius 2 is 1.80 bits per heavy atom. The summed E-state index contributed by atoms with van der Waals surface area (Å²) in [6.45, 7) is 2.95. The molecule has 8 nitrogen and oxygen atoms in total. The van der Waals surface area contributed by atoms with Gasteiger partial charge in [-0.2, -0.15) is 18.3 Å². The van der Waals surface area contributed by atoms with Gasteiger partial charge in [-0.25, -0.2) is 9.67 Å². The monoisotopic (exact) mass is 487 g/mol. The molecule has 11 heteroatoms. The molecular weight excluding hydrogens is 463 g/mol. The topological polar surface area (TPSA) is 91.2 Å². The van der Waals surface area contributed by atoms with E-state index in [2.05, 4.69) is 20.4 Å². The Kier molecular flexibility index (Phi) is 6.06. The zero-order valence-corrected chi connectivity index (χ0v) is 19.0. The predicted octanol–water partition coefficient (Wildman–Crippen LogP) is 4.64. The molecule has 3 aromatic rings. The number of amides is 1. The number of rotatable bonds is 4. The van der Waals surface area contributed by atoms with E-state index in [0.717, 1.165) is 43.6 Å². The summed E-state index contributed by atoms with van der Waals surface area (Å²) in [5, 5.41) is 6.92. The summed E-state index contributed by atoms with van der Waals surface area (Å²) >= 11 is 0. The van der Waals surface area contributed by atoms with Crippen molar-refractivity contribution in [2.75, 3.05) is 18.5 Å². The minimum atomic E-state index is -4.47. The molecule has 35 heavy (non-hydrogen) atoms. The molecular formula is C24H24F3N5O3. The highest BCUT2D eigenvalue weighted by atomic mass is 19.4. The number of anilines is 1. The first-order valence-electron chi connectivity index (χ1n) is 11.4. The maximum absolute atomic E-state index is 12.8. The van der Waals surface area contributed by atoms with Crippen molar-refractivity contribution in [1.82, 2.24) is 19.7 Å². The van der Waals surface area contributed by atoms with Gasteiger partial charge in [0, 0.05) is 30.7 Å². The van der Waals surface area contributed by atoms with Gasteiger partial charge in [0.15, 0.2) is 11.6 Å². The van der Waals surface area contributed by atoms with Crippen molar-refractivity contribution in [1.29, 1.82) is 0 Å². The van der Waals surface area contributed by atoms with E-state index in [0.29, 0.717) is 30.5 Å². The second kappa shape index (κ2) is 9.04. The molecule has 5 rings (SSSR count). The van der Waals surface area contributed by atoms with Crippen LogP contribution in [-0.4, -0.2) is 44.7 Å². The fourth-order valence-corrected chi connectivity index (χ4v) is 4.60. The molecule has 0 radical (unpaired) electrons. The van der Waals surface area contributed by atoms with Crippen LogP contribution in [0.2, 0.25) is 0 Å². The Morgan fingerprint density at radius 1 is 1.06 bits per heavy atom. The van der Waals surface area contributed by atoms with Crippen LogP contribution in [0.15, 0.2) is 42.9 Å². The van der Waals surface area contributed by atoms with Crippen LogP contribution in [0.25, 0.3) is 5.82 Å². The zero-order chi connectivity index (χ0) is 24.6. The minimum Gasteiger partial charge on any atom is -0.348 e. The molecule has 1 saturated carbocycles. The fraction of sp³-hybridized carbons (Fsp3) is 0.417. The van der Waals surface area contributed by atoms with E-state index in [1.54, 1.807) is 13.1 Å². The summed E-state index contributed by atoms with van der Waals surface area (Å²) < 4.78 is 51.2. The Morgan fingerprint density at radius 3 is 2.40 bits per heavy atom. The Hall–Kier alpha value is -3.31. The van der Waals surface area contributed by atoms with Gasteiger partial charge in [0.25, 0.3) is 5.91 Å². The molecule has 2 fully saturated rings. The lowest BCUT2D eigenvalue weighted by atomic mass is 9.83. The molecule has 1 saturated heterocycles. The summed E-state index contributed by atoms with van der Waals surface area (Å²) in [7, 11) is 0. The van der Waals surface area contributed by atoms with Gasteiger partial charge in [-0.3, -0.25) is 9.78 Å². The van der Waals surface area contributed by atoms with Gasteiger partial charge < -0.3 is 14.8 Å². The molecule has 0 unspecified atom stereocenters. The molecule has 2 aliphatic rings. The van der Waals surface area contributed by atoms with E-state index < -0.39 is 23.4 Å². The number of hydrogen-bond acceptors (Lipinski definition) is 6. The number of pyridine rings is 2. The molecule has 184 valence electrons. The van der Waals surface area contributed by atoms with E-state index in [-0.39, 0.29) is 11.4 Å². The lowest BCUT2D eigenvalue weighted by Gasteiger charge is -2.35. The average molecular weight is 487 g/mol. The minimum absolute atomic E-state index is 0.184. The molecule has 0 atom stereocenters. The highest BCUT2D eigenvalue weighted by Crippen LogP contribution is 2.41. The van der Waals surface area contributed by atoms with Gasteiger partial charge in [-0.05, 0) is 44.0 Å². The van der Waals surface area contributed by atoms with E-state index in [4.69, 9.17) is 9.47 Å². The second-order valence-electron chi connectivity index (χ2n) is 8.77.